The molecular weight excluding hydrogens is 355 g/mol. The third-order valence-corrected chi connectivity index (χ3v) is 3.76. The van der Waals surface area contributed by atoms with E-state index >= 15 is 0 Å². The number of rotatable bonds is 3. The molecular formula is C12H21IN6. The van der Waals surface area contributed by atoms with Crippen LogP contribution in [0.15, 0.2) is 4.99 Å². The Bertz CT molecular complexity index is 469. The van der Waals surface area contributed by atoms with Gasteiger partial charge in [-0.3, -0.25) is 4.99 Å². The number of halogens is 1. The SMILES string of the molecule is CN=C(NCc1nnc2n1CCC2)NC1CC1C.I. The van der Waals surface area contributed by atoms with Crippen LogP contribution in [0.3, 0.4) is 0 Å². The Morgan fingerprint density at radius 2 is 2.26 bits per heavy atom. The summed E-state index contributed by atoms with van der Waals surface area (Å²) in [6.45, 7) is 3.98. The van der Waals surface area contributed by atoms with Gasteiger partial charge in [-0.2, -0.15) is 0 Å². The first-order valence-electron chi connectivity index (χ1n) is 6.66. The molecule has 1 aromatic rings. The van der Waals surface area contributed by atoms with Crippen molar-refractivity contribution in [3.8, 4) is 0 Å². The van der Waals surface area contributed by atoms with E-state index in [9.17, 15) is 0 Å². The Morgan fingerprint density at radius 3 is 2.95 bits per heavy atom. The van der Waals surface area contributed by atoms with Gasteiger partial charge in [0.2, 0.25) is 0 Å². The van der Waals surface area contributed by atoms with E-state index in [1.165, 1.54) is 12.8 Å². The number of aryl methyl sites for hydroxylation is 1. The lowest BCUT2D eigenvalue weighted by atomic mass is 10.4. The zero-order valence-electron chi connectivity index (χ0n) is 11.4. The minimum atomic E-state index is 0. The fourth-order valence-corrected chi connectivity index (χ4v) is 2.40. The molecule has 106 valence electrons. The maximum absolute atomic E-state index is 4.23. The number of fused-ring (bicyclic) bond motifs is 1. The number of nitrogens with one attached hydrogen (secondary N) is 2. The Hall–Kier alpha value is -0.860. The zero-order chi connectivity index (χ0) is 12.5. The molecule has 0 amide bonds. The summed E-state index contributed by atoms with van der Waals surface area (Å²) in [6, 6.07) is 0.584. The second-order valence-electron chi connectivity index (χ2n) is 5.18. The summed E-state index contributed by atoms with van der Waals surface area (Å²) in [5.74, 6) is 3.75. The van der Waals surface area contributed by atoms with Gasteiger partial charge in [-0.25, -0.2) is 0 Å². The van der Waals surface area contributed by atoms with Gasteiger partial charge >= 0.3 is 0 Å². The summed E-state index contributed by atoms with van der Waals surface area (Å²) in [5, 5.41) is 15.1. The van der Waals surface area contributed by atoms with Crippen LogP contribution in [0, 0.1) is 5.92 Å². The summed E-state index contributed by atoms with van der Waals surface area (Å²) in [5.41, 5.74) is 0. The van der Waals surface area contributed by atoms with Crippen LogP contribution in [-0.4, -0.2) is 33.8 Å². The topological polar surface area (TPSA) is 67.1 Å². The van der Waals surface area contributed by atoms with E-state index in [0.717, 1.165) is 36.5 Å². The molecule has 0 radical (unpaired) electrons. The van der Waals surface area contributed by atoms with Gasteiger partial charge in [0.05, 0.1) is 6.54 Å². The van der Waals surface area contributed by atoms with Crippen molar-refractivity contribution < 1.29 is 0 Å². The van der Waals surface area contributed by atoms with Crippen molar-refractivity contribution in [3.63, 3.8) is 0 Å². The summed E-state index contributed by atoms with van der Waals surface area (Å²) < 4.78 is 2.21. The molecule has 3 rings (SSSR count). The highest BCUT2D eigenvalue weighted by molar-refractivity contribution is 14.0. The van der Waals surface area contributed by atoms with Gasteiger partial charge in [-0.1, -0.05) is 6.92 Å². The van der Waals surface area contributed by atoms with Crippen molar-refractivity contribution >= 4 is 29.9 Å². The second kappa shape index (κ2) is 6.06. The van der Waals surface area contributed by atoms with Crippen LogP contribution in [0.1, 0.15) is 31.4 Å². The fourth-order valence-electron chi connectivity index (χ4n) is 2.40. The van der Waals surface area contributed by atoms with Crippen molar-refractivity contribution in [2.45, 2.75) is 45.3 Å². The number of aliphatic imine (C=N–C) groups is 1. The van der Waals surface area contributed by atoms with Crippen LogP contribution in [0.5, 0.6) is 0 Å². The molecule has 2 aliphatic rings. The molecule has 1 aliphatic carbocycles. The number of nitrogens with zero attached hydrogens (tertiary/aromatic N) is 4. The lowest BCUT2D eigenvalue weighted by molar-refractivity contribution is 0.660. The van der Waals surface area contributed by atoms with Crippen LogP contribution < -0.4 is 10.6 Å². The first kappa shape index (κ1) is 14.5. The summed E-state index contributed by atoms with van der Waals surface area (Å²) in [7, 11) is 1.80. The van der Waals surface area contributed by atoms with E-state index < -0.39 is 0 Å². The third kappa shape index (κ3) is 3.18. The molecule has 1 aliphatic heterocycles. The summed E-state index contributed by atoms with van der Waals surface area (Å²) in [4.78, 5) is 4.23. The predicted octanol–water partition coefficient (Wildman–Crippen LogP) is 0.916. The number of hydrogen-bond acceptors (Lipinski definition) is 3. The van der Waals surface area contributed by atoms with E-state index in [0.29, 0.717) is 12.6 Å². The van der Waals surface area contributed by atoms with Gasteiger partial charge < -0.3 is 15.2 Å². The highest BCUT2D eigenvalue weighted by Crippen LogP contribution is 2.28. The van der Waals surface area contributed by atoms with Crippen LogP contribution >= 0.6 is 24.0 Å². The second-order valence-corrected chi connectivity index (χ2v) is 5.18. The van der Waals surface area contributed by atoms with E-state index in [4.69, 9.17) is 0 Å². The summed E-state index contributed by atoms with van der Waals surface area (Å²) >= 11 is 0. The molecule has 2 heterocycles. The Morgan fingerprint density at radius 1 is 1.47 bits per heavy atom. The van der Waals surface area contributed by atoms with Crippen LogP contribution in [-0.2, 0) is 19.5 Å². The van der Waals surface area contributed by atoms with Gasteiger partial charge in [0.1, 0.15) is 5.82 Å². The van der Waals surface area contributed by atoms with Crippen LogP contribution in [0.25, 0.3) is 0 Å². The average molecular weight is 376 g/mol. The minimum Gasteiger partial charge on any atom is -0.353 e. The zero-order valence-corrected chi connectivity index (χ0v) is 13.7. The van der Waals surface area contributed by atoms with E-state index in [2.05, 4.69) is 37.3 Å². The molecule has 0 saturated heterocycles. The van der Waals surface area contributed by atoms with Crippen molar-refractivity contribution in [2.75, 3.05) is 7.05 Å². The Kier molecular flexibility index (Phi) is 4.64. The largest absolute Gasteiger partial charge is 0.353 e. The highest BCUT2D eigenvalue weighted by Gasteiger charge is 2.33. The molecule has 7 heteroatoms. The molecule has 1 fully saturated rings. The third-order valence-electron chi connectivity index (χ3n) is 3.76. The first-order valence-corrected chi connectivity index (χ1v) is 6.66. The molecule has 19 heavy (non-hydrogen) atoms. The normalized spacial score (nSPS) is 24.6. The monoisotopic (exact) mass is 376 g/mol. The predicted molar refractivity (Wildman–Crippen MR) is 84.7 cm³/mol. The van der Waals surface area contributed by atoms with E-state index in [-0.39, 0.29) is 24.0 Å². The minimum absolute atomic E-state index is 0. The Balaban J connectivity index is 0.00000133. The number of aromatic nitrogens is 3. The van der Waals surface area contributed by atoms with Gasteiger partial charge in [0.15, 0.2) is 11.8 Å². The van der Waals surface area contributed by atoms with Gasteiger partial charge in [0.25, 0.3) is 0 Å². The van der Waals surface area contributed by atoms with E-state index in [1.807, 2.05) is 0 Å². The summed E-state index contributed by atoms with van der Waals surface area (Å²) in [6.07, 6.45) is 3.48. The lowest BCUT2D eigenvalue weighted by Gasteiger charge is -2.11. The highest BCUT2D eigenvalue weighted by atomic mass is 127. The average Bonchev–Trinajstić information content (AvgIpc) is 2.81. The fraction of sp³-hybridized carbons (Fsp3) is 0.750. The molecule has 0 spiro atoms. The molecule has 1 aromatic heterocycles. The molecule has 6 nitrogen and oxygen atoms in total. The van der Waals surface area contributed by atoms with Gasteiger partial charge in [-0.15, -0.1) is 34.2 Å². The molecule has 0 aromatic carbocycles. The van der Waals surface area contributed by atoms with Gasteiger partial charge in [0, 0.05) is 26.1 Å². The maximum Gasteiger partial charge on any atom is 0.191 e. The Labute approximate surface area is 130 Å². The van der Waals surface area contributed by atoms with Crippen molar-refractivity contribution in [1.29, 1.82) is 0 Å². The standard InChI is InChI=1S/C12H20N6.HI/c1-8-6-9(8)15-12(13-2)14-7-11-17-16-10-4-3-5-18(10)11;/h8-9H,3-7H2,1-2H3,(H2,13,14,15);1H. The maximum atomic E-state index is 4.23. The molecule has 1 saturated carbocycles. The molecule has 2 unspecified atom stereocenters. The smallest absolute Gasteiger partial charge is 0.191 e. The molecule has 2 atom stereocenters. The molecule has 0 bridgehead atoms. The van der Waals surface area contributed by atoms with Crippen molar-refractivity contribution in [1.82, 2.24) is 25.4 Å². The van der Waals surface area contributed by atoms with Crippen molar-refractivity contribution in [2.24, 2.45) is 10.9 Å². The number of hydrogen-bond donors (Lipinski definition) is 2. The number of guanidine groups is 1. The quantitative estimate of drug-likeness (QED) is 0.468. The van der Waals surface area contributed by atoms with Crippen LogP contribution in [0.2, 0.25) is 0 Å². The van der Waals surface area contributed by atoms with Gasteiger partial charge in [-0.05, 0) is 18.8 Å². The lowest BCUT2D eigenvalue weighted by Crippen LogP contribution is -2.39. The first-order chi connectivity index (χ1) is 8.78. The van der Waals surface area contributed by atoms with Crippen LogP contribution in [0.4, 0.5) is 0 Å². The molecule has 2 N–H and O–H groups in total. The van der Waals surface area contributed by atoms with E-state index in [1.54, 1.807) is 7.05 Å². The van der Waals surface area contributed by atoms with Crippen molar-refractivity contribution in [3.05, 3.63) is 11.6 Å².